The number of benzene rings is 1. The fourth-order valence-electron chi connectivity index (χ4n) is 3.19. The maximum atomic E-state index is 6.10. The number of likely N-dealkylation sites (tertiary alicyclic amines) is 1. The van der Waals surface area contributed by atoms with E-state index in [1.165, 1.54) is 9.88 Å². The van der Waals surface area contributed by atoms with Crippen LogP contribution < -0.4 is 10.1 Å². The van der Waals surface area contributed by atoms with Gasteiger partial charge in [-0.1, -0.05) is 25.1 Å². The van der Waals surface area contributed by atoms with Crippen molar-refractivity contribution in [2.75, 3.05) is 26.2 Å². The van der Waals surface area contributed by atoms with Crippen LogP contribution in [0, 0.1) is 0 Å². The van der Waals surface area contributed by atoms with E-state index in [-0.39, 0.29) is 30.1 Å². The van der Waals surface area contributed by atoms with Gasteiger partial charge in [-0.15, -0.1) is 35.3 Å². The highest BCUT2D eigenvalue weighted by atomic mass is 127. The third-order valence-electron chi connectivity index (χ3n) is 4.66. The Bertz CT molecular complexity index is 714. The molecule has 154 valence electrons. The van der Waals surface area contributed by atoms with Gasteiger partial charge in [0.05, 0.1) is 5.01 Å². The van der Waals surface area contributed by atoms with Crippen molar-refractivity contribution in [3.8, 4) is 5.75 Å². The minimum absolute atomic E-state index is 0. The molecule has 0 radical (unpaired) electrons. The summed E-state index contributed by atoms with van der Waals surface area (Å²) >= 11 is 1.80. The van der Waals surface area contributed by atoms with Gasteiger partial charge in [0.2, 0.25) is 0 Å². The first-order chi connectivity index (χ1) is 13.3. The molecule has 1 aliphatic heterocycles. The van der Waals surface area contributed by atoms with Crippen LogP contribution in [0.1, 0.15) is 36.6 Å². The van der Waals surface area contributed by atoms with Gasteiger partial charge >= 0.3 is 0 Å². The number of piperidine rings is 1. The van der Waals surface area contributed by atoms with E-state index in [2.05, 4.69) is 29.0 Å². The normalized spacial score (nSPS) is 15.2. The highest BCUT2D eigenvalue weighted by Gasteiger charge is 2.22. The SMILES string of the molecule is CCNC(=NCCc1ncc(CC)s1)N1CCC(Oc2ccccc2)CC1.I. The van der Waals surface area contributed by atoms with Crippen LogP contribution in [0.2, 0.25) is 0 Å². The van der Waals surface area contributed by atoms with E-state index in [0.29, 0.717) is 0 Å². The van der Waals surface area contributed by atoms with Gasteiger partial charge in [-0.2, -0.15) is 0 Å². The van der Waals surface area contributed by atoms with Gasteiger partial charge in [0, 0.05) is 56.5 Å². The molecule has 0 unspecified atom stereocenters. The molecule has 2 aromatic rings. The van der Waals surface area contributed by atoms with Gasteiger partial charge in [-0.3, -0.25) is 4.99 Å². The average molecular weight is 514 g/mol. The average Bonchev–Trinajstić information content (AvgIpc) is 3.17. The number of hydrogen-bond acceptors (Lipinski definition) is 4. The van der Waals surface area contributed by atoms with Crippen molar-refractivity contribution < 1.29 is 4.74 Å². The molecule has 0 amide bonds. The molecule has 1 aromatic carbocycles. The van der Waals surface area contributed by atoms with Crippen LogP contribution in [0.15, 0.2) is 41.5 Å². The number of aliphatic imine (C=N–C) groups is 1. The Morgan fingerprint density at radius 1 is 1.25 bits per heavy atom. The zero-order chi connectivity index (χ0) is 18.9. The highest BCUT2D eigenvalue weighted by Crippen LogP contribution is 2.19. The lowest BCUT2D eigenvalue weighted by atomic mass is 10.1. The molecule has 1 N–H and O–H groups in total. The monoisotopic (exact) mass is 514 g/mol. The largest absolute Gasteiger partial charge is 0.490 e. The lowest BCUT2D eigenvalue weighted by Crippen LogP contribution is -2.47. The van der Waals surface area contributed by atoms with Crippen LogP contribution in [0.4, 0.5) is 0 Å². The van der Waals surface area contributed by atoms with E-state index < -0.39 is 0 Å². The van der Waals surface area contributed by atoms with E-state index in [9.17, 15) is 0 Å². The molecule has 5 nitrogen and oxygen atoms in total. The molecule has 0 spiro atoms. The Morgan fingerprint density at radius 3 is 2.64 bits per heavy atom. The summed E-state index contributed by atoms with van der Waals surface area (Å²) in [5, 5.41) is 4.62. The molecule has 3 rings (SSSR count). The molecule has 0 bridgehead atoms. The zero-order valence-corrected chi connectivity index (χ0v) is 19.9. The zero-order valence-electron chi connectivity index (χ0n) is 16.8. The molecule has 1 fully saturated rings. The fourth-order valence-corrected chi connectivity index (χ4v) is 4.04. The molecular formula is C21H31IN4OS. The summed E-state index contributed by atoms with van der Waals surface area (Å²) in [7, 11) is 0. The van der Waals surface area contributed by atoms with Crippen molar-refractivity contribution in [1.29, 1.82) is 0 Å². The van der Waals surface area contributed by atoms with Crippen molar-refractivity contribution >= 4 is 41.3 Å². The first kappa shape index (κ1) is 22.9. The topological polar surface area (TPSA) is 49.8 Å². The van der Waals surface area contributed by atoms with Gasteiger partial charge in [0.15, 0.2) is 5.96 Å². The first-order valence-corrected chi connectivity index (χ1v) is 10.8. The Hall–Kier alpha value is -1.35. The number of para-hydroxylation sites is 1. The van der Waals surface area contributed by atoms with Crippen LogP contribution >= 0.6 is 35.3 Å². The summed E-state index contributed by atoms with van der Waals surface area (Å²) in [5.41, 5.74) is 0. The van der Waals surface area contributed by atoms with Crippen LogP contribution in [0.25, 0.3) is 0 Å². The lowest BCUT2D eigenvalue weighted by molar-refractivity contribution is 0.129. The van der Waals surface area contributed by atoms with Crippen molar-refractivity contribution in [2.24, 2.45) is 4.99 Å². The molecule has 0 saturated carbocycles. The maximum absolute atomic E-state index is 6.10. The second-order valence-corrected chi connectivity index (χ2v) is 7.88. The number of thiazole rings is 1. The Morgan fingerprint density at radius 2 is 2.00 bits per heavy atom. The van der Waals surface area contributed by atoms with E-state index in [1.807, 2.05) is 36.5 Å². The summed E-state index contributed by atoms with van der Waals surface area (Å²) in [6.45, 7) is 7.90. The van der Waals surface area contributed by atoms with Gasteiger partial charge in [0.25, 0.3) is 0 Å². The summed E-state index contributed by atoms with van der Waals surface area (Å²) in [4.78, 5) is 13.0. The molecular weight excluding hydrogens is 483 g/mol. The van der Waals surface area contributed by atoms with Gasteiger partial charge in [-0.25, -0.2) is 4.98 Å². The fraction of sp³-hybridized carbons (Fsp3) is 0.524. The Labute approximate surface area is 189 Å². The highest BCUT2D eigenvalue weighted by molar-refractivity contribution is 14.0. The first-order valence-electron chi connectivity index (χ1n) is 9.97. The van der Waals surface area contributed by atoms with E-state index in [4.69, 9.17) is 9.73 Å². The number of guanidine groups is 1. The molecule has 28 heavy (non-hydrogen) atoms. The summed E-state index contributed by atoms with van der Waals surface area (Å²) < 4.78 is 6.10. The van der Waals surface area contributed by atoms with Crippen molar-refractivity contribution in [3.05, 3.63) is 46.4 Å². The molecule has 1 saturated heterocycles. The second kappa shape index (κ2) is 12.3. The van der Waals surface area contributed by atoms with Crippen LogP contribution in [0.5, 0.6) is 5.75 Å². The van der Waals surface area contributed by atoms with Gasteiger partial charge in [0.1, 0.15) is 11.9 Å². The van der Waals surface area contributed by atoms with E-state index >= 15 is 0 Å². The predicted molar refractivity (Wildman–Crippen MR) is 128 cm³/mol. The van der Waals surface area contributed by atoms with Gasteiger partial charge < -0.3 is 15.0 Å². The third-order valence-corrected chi connectivity index (χ3v) is 5.86. The Kier molecular flexibility index (Phi) is 10.0. The van der Waals surface area contributed by atoms with Crippen molar-refractivity contribution in [3.63, 3.8) is 0 Å². The number of nitrogens with zero attached hydrogens (tertiary/aromatic N) is 3. The number of halogens is 1. The number of ether oxygens (including phenoxy) is 1. The smallest absolute Gasteiger partial charge is 0.193 e. The molecule has 1 aliphatic rings. The minimum Gasteiger partial charge on any atom is -0.490 e. The molecule has 7 heteroatoms. The minimum atomic E-state index is 0. The summed E-state index contributed by atoms with van der Waals surface area (Å²) in [6.07, 6.45) is 6.29. The van der Waals surface area contributed by atoms with Crippen LogP contribution in [-0.2, 0) is 12.8 Å². The number of rotatable bonds is 7. The standard InChI is InChI=1S/C21H30N4OS.HI/c1-3-19-16-24-20(27-19)10-13-23-21(22-4-2)25-14-11-18(12-15-25)26-17-8-6-5-7-9-17;/h5-9,16,18H,3-4,10-15H2,1-2H3,(H,22,23);1H. The van der Waals surface area contributed by atoms with Crippen LogP contribution in [-0.4, -0.2) is 48.1 Å². The summed E-state index contributed by atoms with van der Waals surface area (Å²) in [6, 6.07) is 10.1. The number of nitrogens with one attached hydrogen (secondary N) is 1. The number of aromatic nitrogens is 1. The lowest BCUT2D eigenvalue weighted by Gasteiger charge is -2.34. The molecule has 2 heterocycles. The van der Waals surface area contributed by atoms with Crippen LogP contribution in [0.3, 0.4) is 0 Å². The predicted octanol–water partition coefficient (Wildman–Crippen LogP) is 4.37. The maximum Gasteiger partial charge on any atom is 0.193 e. The van der Waals surface area contributed by atoms with Gasteiger partial charge in [-0.05, 0) is 25.5 Å². The molecule has 0 aliphatic carbocycles. The van der Waals surface area contributed by atoms with Crippen molar-refractivity contribution in [2.45, 2.75) is 45.6 Å². The quantitative estimate of drug-likeness (QED) is 0.339. The summed E-state index contributed by atoms with van der Waals surface area (Å²) in [5.74, 6) is 1.98. The second-order valence-electron chi connectivity index (χ2n) is 6.68. The Balaban J connectivity index is 0.00000280. The van der Waals surface area contributed by atoms with E-state index in [0.717, 1.165) is 63.6 Å². The number of hydrogen-bond donors (Lipinski definition) is 1. The molecule has 0 atom stereocenters. The molecule has 1 aromatic heterocycles. The number of aryl methyl sites for hydroxylation is 1. The van der Waals surface area contributed by atoms with Crippen molar-refractivity contribution in [1.82, 2.24) is 15.2 Å². The third kappa shape index (κ3) is 6.92. The van der Waals surface area contributed by atoms with E-state index in [1.54, 1.807) is 11.3 Å².